The molecule has 10 rings (SSSR count). The van der Waals surface area contributed by atoms with Gasteiger partial charge in [-0.1, -0.05) is 152 Å². The van der Waals surface area contributed by atoms with Gasteiger partial charge in [0.25, 0.3) is 0 Å². The van der Waals surface area contributed by atoms with Gasteiger partial charge < -0.3 is 4.74 Å². The Balaban J connectivity index is 1.13. The predicted molar refractivity (Wildman–Crippen MR) is 208 cm³/mol. The zero-order chi connectivity index (χ0) is 33.7. The van der Waals surface area contributed by atoms with Gasteiger partial charge in [0.15, 0.2) is 17.5 Å². The molecule has 0 saturated heterocycles. The number of rotatable bonds is 5. The van der Waals surface area contributed by atoms with Crippen LogP contribution in [0.4, 0.5) is 0 Å². The maximum absolute atomic E-state index is 6.74. The van der Waals surface area contributed by atoms with Crippen LogP contribution < -0.4 is 4.74 Å². The van der Waals surface area contributed by atoms with Gasteiger partial charge in [-0.15, -0.1) is 0 Å². The van der Waals surface area contributed by atoms with E-state index in [0.29, 0.717) is 17.5 Å². The molecule has 238 valence electrons. The predicted octanol–water partition coefficient (Wildman–Crippen LogP) is 12.3. The molecule has 0 atom stereocenters. The highest BCUT2D eigenvalue weighted by Crippen LogP contribution is 2.51. The first kappa shape index (κ1) is 29.0. The van der Waals surface area contributed by atoms with Crippen LogP contribution in [-0.4, -0.2) is 15.0 Å². The van der Waals surface area contributed by atoms with E-state index in [1.165, 1.54) is 11.1 Å². The summed E-state index contributed by atoms with van der Waals surface area (Å²) in [5.74, 6) is 3.57. The van der Waals surface area contributed by atoms with E-state index in [2.05, 4.69) is 133 Å². The van der Waals surface area contributed by atoms with Crippen LogP contribution in [0.2, 0.25) is 0 Å². The molecule has 0 saturated carbocycles. The molecule has 0 unspecified atom stereocenters. The molecule has 1 aliphatic heterocycles. The minimum Gasteiger partial charge on any atom is -0.455 e. The number of hydrogen-bond acceptors (Lipinski definition) is 4. The van der Waals surface area contributed by atoms with Crippen molar-refractivity contribution in [1.82, 2.24) is 15.0 Å². The molecule has 9 aromatic rings. The van der Waals surface area contributed by atoms with Gasteiger partial charge in [0, 0.05) is 33.2 Å². The largest absolute Gasteiger partial charge is 0.455 e. The number of benzene rings is 8. The van der Waals surface area contributed by atoms with Crippen LogP contribution in [0.25, 0.3) is 89.1 Å². The molecule has 1 aromatic heterocycles. The SMILES string of the molecule is c1ccc(-c2ccc3cc(-c4nc(-c5ccccc5)nc(-c5ccc6c7c(cccc57)-c5cccc(-c7ccccc7)c5O6)n4)ccc3c2)cc1. The Labute approximate surface area is 295 Å². The van der Waals surface area contributed by atoms with Crippen LogP contribution >= 0.6 is 0 Å². The molecule has 0 N–H and O–H groups in total. The van der Waals surface area contributed by atoms with E-state index in [9.17, 15) is 0 Å². The highest BCUT2D eigenvalue weighted by Gasteiger charge is 2.25. The van der Waals surface area contributed by atoms with E-state index in [1.807, 2.05) is 42.5 Å². The molecule has 0 amide bonds. The lowest BCUT2D eigenvalue weighted by Crippen LogP contribution is -2.02. The smallest absolute Gasteiger partial charge is 0.164 e. The maximum Gasteiger partial charge on any atom is 0.164 e. The van der Waals surface area contributed by atoms with E-state index in [-0.39, 0.29) is 0 Å². The average molecular weight is 652 g/mol. The van der Waals surface area contributed by atoms with Crippen molar-refractivity contribution in [2.24, 2.45) is 0 Å². The Hall–Kier alpha value is -6.91. The summed E-state index contributed by atoms with van der Waals surface area (Å²) in [6, 6.07) is 61.0. The third-order valence-electron chi connectivity index (χ3n) is 9.72. The zero-order valence-corrected chi connectivity index (χ0v) is 27.5. The minimum atomic E-state index is 0.617. The van der Waals surface area contributed by atoms with Gasteiger partial charge in [0.1, 0.15) is 11.5 Å². The summed E-state index contributed by atoms with van der Waals surface area (Å²) < 4.78 is 6.74. The molecule has 1 aliphatic rings. The number of fused-ring (bicyclic) bond motifs is 3. The highest BCUT2D eigenvalue weighted by molar-refractivity contribution is 6.10. The standard InChI is InChI=1S/C47H29N3O/c1-4-12-30(13-5-1)33-22-23-35-29-36(25-24-34(35)28-33)46-48-45(32-16-8-3-9-17-32)49-47(50-46)41-26-27-42-43-38(19-11-20-39(41)43)40-21-10-18-37(44(40)51-42)31-14-6-2-7-15-31/h1-29H. The second kappa shape index (κ2) is 11.9. The van der Waals surface area contributed by atoms with E-state index in [0.717, 1.165) is 72.0 Å². The average Bonchev–Trinajstić information content (AvgIpc) is 3.21. The maximum atomic E-state index is 6.74. The summed E-state index contributed by atoms with van der Waals surface area (Å²) in [6.07, 6.45) is 0. The monoisotopic (exact) mass is 651 g/mol. The molecule has 2 heterocycles. The van der Waals surface area contributed by atoms with E-state index in [1.54, 1.807) is 0 Å². The van der Waals surface area contributed by atoms with Gasteiger partial charge in [0.2, 0.25) is 0 Å². The summed E-state index contributed by atoms with van der Waals surface area (Å²) in [6.45, 7) is 0. The van der Waals surface area contributed by atoms with Crippen molar-refractivity contribution < 1.29 is 4.74 Å². The van der Waals surface area contributed by atoms with Gasteiger partial charge in [-0.2, -0.15) is 0 Å². The van der Waals surface area contributed by atoms with Crippen LogP contribution in [0.3, 0.4) is 0 Å². The van der Waals surface area contributed by atoms with Crippen LogP contribution in [0.1, 0.15) is 0 Å². The van der Waals surface area contributed by atoms with Gasteiger partial charge in [-0.3, -0.25) is 0 Å². The Kier molecular flexibility index (Phi) is 6.78. The van der Waals surface area contributed by atoms with Crippen LogP contribution in [0.5, 0.6) is 11.5 Å². The number of hydrogen-bond donors (Lipinski definition) is 0. The Bertz CT molecular complexity index is 2760. The van der Waals surface area contributed by atoms with Crippen molar-refractivity contribution in [2.75, 3.05) is 0 Å². The fourth-order valence-corrected chi connectivity index (χ4v) is 7.23. The molecular weight excluding hydrogens is 623 g/mol. The summed E-state index contributed by atoms with van der Waals surface area (Å²) in [7, 11) is 0. The molecule has 0 bridgehead atoms. The Morgan fingerprint density at radius 3 is 1.65 bits per heavy atom. The summed E-state index contributed by atoms with van der Waals surface area (Å²) in [5.41, 5.74) is 9.58. The van der Waals surface area contributed by atoms with E-state index in [4.69, 9.17) is 19.7 Å². The number of aromatic nitrogens is 3. The summed E-state index contributed by atoms with van der Waals surface area (Å²) in [4.78, 5) is 15.3. The minimum absolute atomic E-state index is 0.617. The molecule has 4 heteroatoms. The van der Waals surface area contributed by atoms with Crippen molar-refractivity contribution in [3.05, 3.63) is 176 Å². The fourth-order valence-electron chi connectivity index (χ4n) is 7.23. The lowest BCUT2D eigenvalue weighted by atomic mass is 9.90. The van der Waals surface area contributed by atoms with Crippen LogP contribution in [-0.2, 0) is 0 Å². The van der Waals surface area contributed by atoms with Gasteiger partial charge in [0.05, 0.1) is 0 Å². The molecule has 8 aromatic carbocycles. The van der Waals surface area contributed by atoms with Gasteiger partial charge in [-0.25, -0.2) is 15.0 Å². The molecular formula is C47H29N3O. The van der Waals surface area contributed by atoms with Crippen molar-refractivity contribution in [3.8, 4) is 79.0 Å². The second-order valence-electron chi connectivity index (χ2n) is 12.8. The second-order valence-corrected chi connectivity index (χ2v) is 12.8. The molecule has 4 nitrogen and oxygen atoms in total. The van der Waals surface area contributed by atoms with Gasteiger partial charge >= 0.3 is 0 Å². The fraction of sp³-hybridized carbons (Fsp3) is 0. The van der Waals surface area contributed by atoms with Gasteiger partial charge in [-0.05, 0) is 62.7 Å². The Morgan fingerprint density at radius 2 is 0.902 bits per heavy atom. The topological polar surface area (TPSA) is 47.9 Å². The normalized spacial score (nSPS) is 11.7. The van der Waals surface area contributed by atoms with Crippen molar-refractivity contribution in [2.45, 2.75) is 0 Å². The van der Waals surface area contributed by atoms with Crippen molar-refractivity contribution >= 4 is 21.5 Å². The highest BCUT2D eigenvalue weighted by atomic mass is 16.5. The lowest BCUT2D eigenvalue weighted by Gasteiger charge is -2.24. The molecule has 0 fully saturated rings. The van der Waals surface area contributed by atoms with E-state index >= 15 is 0 Å². The molecule has 0 aliphatic carbocycles. The molecule has 0 radical (unpaired) electrons. The first-order chi connectivity index (χ1) is 25.3. The summed E-state index contributed by atoms with van der Waals surface area (Å²) in [5, 5.41) is 4.37. The molecule has 0 spiro atoms. The lowest BCUT2D eigenvalue weighted by molar-refractivity contribution is 0.489. The van der Waals surface area contributed by atoms with E-state index < -0.39 is 0 Å². The molecule has 51 heavy (non-hydrogen) atoms. The zero-order valence-electron chi connectivity index (χ0n) is 27.5. The van der Waals surface area contributed by atoms with Crippen molar-refractivity contribution in [1.29, 1.82) is 0 Å². The van der Waals surface area contributed by atoms with Crippen LogP contribution in [0, 0.1) is 0 Å². The van der Waals surface area contributed by atoms with Crippen LogP contribution in [0.15, 0.2) is 176 Å². The Morgan fingerprint density at radius 1 is 0.333 bits per heavy atom. The third-order valence-corrected chi connectivity index (χ3v) is 9.72. The number of para-hydroxylation sites is 1. The third kappa shape index (κ3) is 5.04. The first-order valence-corrected chi connectivity index (χ1v) is 17.1. The van der Waals surface area contributed by atoms with Crippen molar-refractivity contribution in [3.63, 3.8) is 0 Å². The summed E-state index contributed by atoms with van der Waals surface area (Å²) >= 11 is 0. The first-order valence-electron chi connectivity index (χ1n) is 17.1. The quantitative estimate of drug-likeness (QED) is 0.186. The number of nitrogens with zero attached hydrogens (tertiary/aromatic N) is 3. The number of ether oxygens (including phenoxy) is 1.